The fraction of sp³-hybridized carbons (Fsp3) is 0.290. The van der Waals surface area contributed by atoms with Crippen molar-refractivity contribution in [2.24, 2.45) is 0 Å². The molecule has 0 spiro atoms. The highest BCUT2D eigenvalue weighted by atomic mass is 35.5. The van der Waals surface area contributed by atoms with Crippen molar-refractivity contribution in [1.29, 1.82) is 0 Å². The molecule has 0 unspecified atom stereocenters. The number of para-hydroxylation sites is 1. The second kappa shape index (κ2) is 13.1. The van der Waals surface area contributed by atoms with E-state index in [0.29, 0.717) is 46.9 Å². The molecule has 44 heavy (non-hydrogen) atoms. The number of rotatable bonds is 9. The number of nitrogens with zero attached hydrogens (tertiary/aromatic N) is 5. The number of hydrogen-bond acceptors (Lipinski definition) is 7. The van der Waals surface area contributed by atoms with Crippen LogP contribution in [0.2, 0.25) is 5.02 Å². The van der Waals surface area contributed by atoms with Crippen LogP contribution in [-0.4, -0.2) is 64.7 Å². The van der Waals surface area contributed by atoms with Crippen LogP contribution in [0.5, 0.6) is 0 Å². The van der Waals surface area contributed by atoms with Gasteiger partial charge in [-0.05, 0) is 73.4 Å². The van der Waals surface area contributed by atoms with E-state index in [4.69, 9.17) is 11.6 Å². The molecule has 13 heteroatoms. The number of aromatic nitrogens is 3. The molecule has 0 aliphatic carbocycles. The normalized spacial score (nSPS) is 15.2. The minimum absolute atomic E-state index is 0.0267. The Labute approximate surface area is 265 Å². The Balaban J connectivity index is 1.16. The Morgan fingerprint density at radius 1 is 0.909 bits per heavy atom. The highest BCUT2D eigenvalue weighted by Crippen LogP contribution is 2.30. The van der Waals surface area contributed by atoms with E-state index in [9.17, 15) is 18.0 Å². The Morgan fingerprint density at radius 2 is 1.68 bits per heavy atom. The van der Waals surface area contributed by atoms with Gasteiger partial charge in [-0.25, -0.2) is 8.42 Å². The van der Waals surface area contributed by atoms with Crippen molar-refractivity contribution >= 4 is 50.9 Å². The predicted octanol–water partition coefficient (Wildman–Crippen LogP) is 4.71. The van der Waals surface area contributed by atoms with Gasteiger partial charge in [-0.2, -0.15) is 4.31 Å². The Bertz CT molecular complexity index is 1790. The molecule has 228 valence electrons. The van der Waals surface area contributed by atoms with Gasteiger partial charge in [0.15, 0.2) is 11.0 Å². The smallest absolute Gasteiger partial charge is 0.251 e. The monoisotopic (exact) mass is 650 g/mol. The van der Waals surface area contributed by atoms with Crippen LogP contribution in [0.15, 0.2) is 82.8 Å². The first-order chi connectivity index (χ1) is 21.3. The molecular formula is C31H31ClN6O4S2. The Morgan fingerprint density at radius 3 is 2.45 bits per heavy atom. The molecule has 1 saturated heterocycles. The Hall–Kier alpha value is -3.71. The van der Waals surface area contributed by atoms with E-state index in [0.717, 1.165) is 36.9 Å². The second-order valence-electron chi connectivity index (χ2n) is 10.6. The van der Waals surface area contributed by atoms with Crippen molar-refractivity contribution in [3.63, 3.8) is 0 Å². The zero-order valence-corrected chi connectivity index (χ0v) is 26.2. The largest absolute Gasteiger partial charge is 0.345 e. The molecule has 3 aromatic carbocycles. The maximum atomic E-state index is 13.2. The molecule has 0 radical (unpaired) electrons. The van der Waals surface area contributed by atoms with Gasteiger partial charge in [-0.1, -0.05) is 54.0 Å². The average molecular weight is 651 g/mol. The molecule has 6 rings (SSSR count). The summed E-state index contributed by atoms with van der Waals surface area (Å²) in [6.45, 7) is 1.71. The van der Waals surface area contributed by atoms with E-state index < -0.39 is 10.0 Å². The Kier molecular flexibility index (Phi) is 9.03. The van der Waals surface area contributed by atoms with Gasteiger partial charge >= 0.3 is 0 Å². The summed E-state index contributed by atoms with van der Waals surface area (Å²) < 4.78 is 29.2. The minimum Gasteiger partial charge on any atom is -0.345 e. The number of carbonyl (C=O) groups excluding carboxylic acids is 2. The van der Waals surface area contributed by atoms with E-state index in [1.807, 2.05) is 30.3 Å². The third kappa shape index (κ3) is 6.39. The third-order valence-electron chi connectivity index (χ3n) is 7.76. The number of thioether (sulfide) groups is 1. The van der Waals surface area contributed by atoms with Crippen molar-refractivity contribution in [1.82, 2.24) is 24.4 Å². The van der Waals surface area contributed by atoms with Crippen LogP contribution in [0.25, 0.3) is 5.69 Å². The molecular weight excluding hydrogens is 620 g/mol. The molecule has 0 saturated carbocycles. The lowest BCUT2D eigenvalue weighted by Crippen LogP contribution is -2.35. The summed E-state index contributed by atoms with van der Waals surface area (Å²) in [6, 6.07) is 21.0. The van der Waals surface area contributed by atoms with Crippen LogP contribution < -0.4 is 10.2 Å². The first-order valence-electron chi connectivity index (χ1n) is 14.4. The summed E-state index contributed by atoms with van der Waals surface area (Å²) in [6.07, 6.45) is 3.56. The number of hydrogen-bond donors (Lipinski definition) is 1. The molecule has 0 bridgehead atoms. The number of halogens is 1. The number of sulfonamides is 1. The molecule has 10 nitrogen and oxygen atoms in total. The average Bonchev–Trinajstić information content (AvgIpc) is 3.67. The van der Waals surface area contributed by atoms with Gasteiger partial charge in [0.25, 0.3) is 5.91 Å². The van der Waals surface area contributed by atoms with Gasteiger partial charge in [-0.15, -0.1) is 10.2 Å². The highest BCUT2D eigenvalue weighted by molar-refractivity contribution is 7.99. The van der Waals surface area contributed by atoms with E-state index in [2.05, 4.69) is 15.5 Å². The topological polar surface area (TPSA) is 117 Å². The molecule has 1 N–H and O–H groups in total. The zero-order valence-electron chi connectivity index (χ0n) is 23.9. The number of amides is 2. The van der Waals surface area contributed by atoms with Crippen molar-refractivity contribution in [2.75, 3.05) is 30.3 Å². The summed E-state index contributed by atoms with van der Waals surface area (Å²) in [5, 5.41) is 12.5. The van der Waals surface area contributed by atoms with Crippen LogP contribution in [-0.2, 0) is 27.8 Å². The van der Waals surface area contributed by atoms with Gasteiger partial charge in [0.1, 0.15) is 0 Å². The second-order valence-corrected chi connectivity index (χ2v) is 13.9. The quantitative estimate of drug-likeness (QED) is 0.261. The number of benzene rings is 3. The van der Waals surface area contributed by atoms with Crippen LogP contribution >= 0.6 is 23.4 Å². The van der Waals surface area contributed by atoms with E-state index >= 15 is 0 Å². The summed E-state index contributed by atoms with van der Waals surface area (Å²) in [5.74, 6) is 0.198. The summed E-state index contributed by atoms with van der Waals surface area (Å²) in [7, 11) is -3.59. The van der Waals surface area contributed by atoms with E-state index in [1.54, 1.807) is 27.7 Å². The maximum Gasteiger partial charge on any atom is 0.251 e. The zero-order chi connectivity index (χ0) is 30.7. The first-order valence-corrected chi connectivity index (χ1v) is 17.2. The molecule has 2 aliphatic rings. The summed E-state index contributed by atoms with van der Waals surface area (Å²) >= 11 is 7.56. The van der Waals surface area contributed by atoms with Crippen LogP contribution in [0.4, 0.5) is 5.69 Å². The van der Waals surface area contributed by atoms with Crippen molar-refractivity contribution in [3.8, 4) is 5.69 Å². The van der Waals surface area contributed by atoms with Crippen LogP contribution in [0, 0.1) is 0 Å². The van der Waals surface area contributed by atoms with Gasteiger partial charge in [0.05, 0.1) is 22.9 Å². The van der Waals surface area contributed by atoms with Gasteiger partial charge in [-0.3, -0.25) is 14.2 Å². The van der Waals surface area contributed by atoms with Gasteiger partial charge < -0.3 is 10.2 Å². The molecule has 1 aromatic heterocycles. The molecule has 3 heterocycles. The number of anilines is 1. The fourth-order valence-corrected chi connectivity index (χ4v) is 8.03. The van der Waals surface area contributed by atoms with Crippen molar-refractivity contribution in [3.05, 3.63) is 94.8 Å². The minimum atomic E-state index is -3.59. The summed E-state index contributed by atoms with van der Waals surface area (Å²) in [5.41, 5.74) is 3.11. The molecule has 1 fully saturated rings. The van der Waals surface area contributed by atoms with Crippen LogP contribution in [0.3, 0.4) is 0 Å². The van der Waals surface area contributed by atoms with Crippen molar-refractivity contribution in [2.45, 2.75) is 42.3 Å². The molecule has 0 atom stereocenters. The first kappa shape index (κ1) is 30.3. The maximum absolute atomic E-state index is 13.2. The van der Waals surface area contributed by atoms with Gasteiger partial charge in [0.2, 0.25) is 15.9 Å². The molecule has 2 amide bonds. The highest BCUT2D eigenvalue weighted by Gasteiger charge is 2.27. The SMILES string of the molecule is O=C(NCc1nnc(SCC(=O)N2CCc3ccccc32)n1-c1cccc(Cl)c1)c1ccc(S(=O)(=O)N2CCCCC2)cc1. The number of piperidine rings is 1. The lowest BCUT2D eigenvalue weighted by atomic mass is 10.2. The van der Waals surface area contributed by atoms with E-state index in [-0.39, 0.29) is 29.0 Å². The standard InChI is InChI=1S/C31H31ClN6O4S2/c32-24-8-6-9-25(19-24)38-28(34-35-31(38)43-21-29(39)37-18-15-22-7-2-3-10-27(22)37)20-33-30(40)23-11-13-26(14-12-23)44(41,42)36-16-4-1-5-17-36/h2-3,6-14,19H,1,4-5,15-18,20-21H2,(H,33,40). The fourth-order valence-electron chi connectivity index (χ4n) is 5.48. The lowest BCUT2D eigenvalue weighted by molar-refractivity contribution is -0.116. The third-order valence-corrected chi connectivity index (χ3v) is 10.8. The molecule has 4 aromatic rings. The van der Waals surface area contributed by atoms with Crippen LogP contribution in [0.1, 0.15) is 41.0 Å². The van der Waals surface area contributed by atoms with Gasteiger partial charge in [0, 0.05) is 35.9 Å². The number of carbonyl (C=O) groups is 2. The van der Waals surface area contributed by atoms with Crippen molar-refractivity contribution < 1.29 is 18.0 Å². The summed E-state index contributed by atoms with van der Waals surface area (Å²) in [4.78, 5) is 28.2. The van der Waals surface area contributed by atoms with E-state index in [1.165, 1.54) is 40.3 Å². The lowest BCUT2D eigenvalue weighted by Gasteiger charge is -2.25. The molecule has 2 aliphatic heterocycles. The number of fused-ring (bicyclic) bond motifs is 1. The predicted molar refractivity (Wildman–Crippen MR) is 170 cm³/mol. The number of nitrogens with one attached hydrogen (secondary N) is 1.